The molecule has 0 saturated heterocycles. The van der Waals surface area contributed by atoms with Gasteiger partial charge in [0, 0.05) is 11.6 Å². The number of benzene rings is 1. The number of nitrogens with zero attached hydrogens (tertiary/aromatic N) is 1. The Kier molecular flexibility index (Phi) is 4.53. The van der Waals surface area contributed by atoms with Crippen LogP contribution in [0.5, 0.6) is 11.5 Å². The molecule has 1 heterocycles. The Hall–Kier alpha value is -1.31. The van der Waals surface area contributed by atoms with Gasteiger partial charge in [0.25, 0.3) is 0 Å². The smallest absolute Gasteiger partial charge is 0.166 e. The van der Waals surface area contributed by atoms with E-state index in [1.165, 1.54) is 11.1 Å². The fourth-order valence-corrected chi connectivity index (χ4v) is 11.1. The first-order valence-corrected chi connectivity index (χ1v) is 17.4. The Bertz CT molecular complexity index is 887. The van der Waals surface area contributed by atoms with E-state index in [9.17, 15) is 0 Å². The molecular weight excluding hydrogens is 378 g/mol. The van der Waals surface area contributed by atoms with Crippen LogP contribution in [0.4, 0.5) is 0 Å². The third-order valence-corrected chi connectivity index (χ3v) is 11.1. The minimum Gasteiger partial charge on any atom is -0.493 e. The highest BCUT2D eigenvalue weighted by Gasteiger charge is 2.52. The summed E-state index contributed by atoms with van der Waals surface area (Å²) in [6.45, 7) is 14.9. The second-order valence-electron chi connectivity index (χ2n) is 10.8. The van der Waals surface area contributed by atoms with Gasteiger partial charge in [-0.2, -0.15) is 0 Å². The lowest BCUT2D eigenvalue weighted by molar-refractivity contribution is 0.231. The van der Waals surface area contributed by atoms with Gasteiger partial charge in [-0.1, -0.05) is 56.6 Å². The Labute approximate surface area is 172 Å². The molecule has 3 atom stereocenters. The highest BCUT2D eigenvalue weighted by molar-refractivity contribution is 6.90. The molecule has 0 radical (unpaired) electrons. The van der Waals surface area contributed by atoms with Gasteiger partial charge in [-0.05, 0) is 42.9 Å². The Morgan fingerprint density at radius 3 is 2.25 bits per heavy atom. The molecule has 0 aromatic heterocycles. The Morgan fingerprint density at radius 2 is 1.71 bits per heavy atom. The summed E-state index contributed by atoms with van der Waals surface area (Å²) in [5.74, 6) is 2.24. The lowest BCUT2D eigenvalue weighted by atomic mass is 9.72. The second kappa shape index (κ2) is 6.34. The number of hydrogen-bond donors (Lipinski definition) is 0. The fourth-order valence-electron chi connectivity index (χ4n) is 5.38. The molecule has 2 aliphatic carbocycles. The standard InChI is InChI=1S/C23H35NO2Si2/c1-24(2)16-12-14-10-11-17(25-3)21-19(14)20-15(16)13-18(27(4,5)6)23(22(20)26-21)28(7,8)9/h10-11,13,16,20,22H,12H2,1-9H3/t16-,20+,22-/m1/s1. The average molecular weight is 414 g/mol. The number of hydrogen-bond acceptors (Lipinski definition) is 3. The maximum atomic E-state index is 6.83. The van der Waals surface area contributed by atoms with Crippen molar-refractivity contribution in [2.75, 3.05) is 21.2 Å². The molecule has 28 heavy (non-hydrogen) atoms. The zero-order valence-corrected chi connectivity index (χ0v) is 20.9. The van der Waals surface area contributed by atoms with Crippen LogP contribution >= 0.6 is 0 Å². The number of methoxy groups -OCH3 is 1. The van der Waals surface area contributed by atoms with Gasteiger partial charge in [0.05, 0.1) is 29.2 Å². The van der Waals surface area contributed by atoms with Crippen molar-refractivity contribution >= 4 is 16.1 Å². The van der Waals surface area contributed by atoms with Crippen molar-refractivity contribution in [3.8, 4) is 11.5 Å². The summed E-state index contributed by atoms with van der Waals surface area (Å²) < 4.78 is 12.5. The summed E-state index contributed by atoms with van der Waals surface area (Å²) in [6.07, 6.45) is 3.83. The van der Waals surface area contributed by atoms with Gasteiger partial charge < -0.3 is 14.4 Å². The molecule has 3 nitrogen and oxygen atoms in total. The van der Waals surface area contributed by atoms with E-state index >= 15 is 0 Å². The predicted molar refractivity (Wildman–Crippen MR) is 123 cm³/mol. The van der Waals surface area contributed by atoms with Crippen molar-refractivity contribution in [2.24, 2.45) is 0 Å². The summed E-state index contributed by atoms with van der Waals surface area (Å²) in [7, 11) is 3.13. The van der Waals surface area contributed by atoms with Gasteiger partial charge in [0.15, 0.2) is 11.5 Å². The summed E-state index contributed by atoms with van der Waals surface area (Å²) in [5.41, 5.74) is 4.40. The van der Waals surface area contributed by atoms with Crippen molar-refractivity contribution in [3.05, 3.63) is 45.3 Å². The first-order chi connectivity index (χ1) is 12.9. The zero-order valence-electron chi connectivity index (χ0n) is 18.9. The van der Waals surface area contributed by atoms with Crippen LogP contribution in [0.15, 0.2) is 34.2 Å². The minimum absolute atomic E-state index is 0.154. The third-order valence-electron chi connectivity index (χ3n) is 6.61. The number of likely N-dealkylation sites (N-methyl/N-ethyl adjacent to an activating group) is 1. The topological polar surface area (TPSA) is 21.7 Å². The molecule has 0 spiro atoms. The van der Waals surface area contributed by atoms with Crippen LogP contribution in [0.1, 0.15) is 17.0 Å². The maximum Gasteiger partial charge on any atom is 0.166 e. The van der Waals surface area contributed by atoms with E-state index in [4.69, 9.17) is 9.47 Å². The van der Waals surface area contributed by atoms with Crippen LogP contribution in [-0.2, 0) is 6.42 Å². The summed E-state index contributed by atoms with van der Waals surface area (Å²) in [5, 5.41) is 3.29. The van der Waals surface area contributed by atoms with Gasteiger partial charge in [0.2, 0.25) is 0 Å². The van der Waals surface area contributed by atoms with E-state index < -0.39 is 16.1 Å². The first kappa shape index (κ1) is 20.0. The molecule has 0 bridgehead atoms. The molecule has 0 N–H and O–H groups in total. The molecule has 3 aliphatic rings. The molecule has 5 heteroatoms. The van der Waals surface area contributed by atoms with Crippen LogP contribution in [0.2, 0.25) is 39.3 Å². The molecule has 1 aromatic carbocycles. The molecular formula is C23H35NO2Si2. The van der Waals surface area contributed by atoms with Gasteiger partial charge >= 0.3 is 0 Å². The van der Waals surface area contributed by atoms with Crippen molar-refractivity contribution in [1.29, 1.82) is 0 Å². The molecule has 0 saturated carbocycles. The molecule has 4 rings (SSSR count). The summed E-state index contributed by atoms with van der Waals surface area (Å²) in [6, 6.07) is 4.81. The van der Waals surface area contributed by atoms with Crippen LogP contribution < -0.4 is 9.47 Å². The largest absolute Gasteiger partial charge is 0.493 e. The molecule has 1 aromatic rings. The van der Waals surface area contributed by atoms with Crippen molar-refractivity contribution in [2.45, 2.75) is 63.8 Å². The third kappa shape index (κ3) is 2.85. The van der Waals surface area contributed by atoms with E-state index in [0.29, 0.717) is 12.0 Å². The van der Waals surface area contributed by atoms with Gasteiger partial charge in [-0.25, -0.2) is 0 Å². The zero-order chi connectivity index (χ0) is 20.6. The fraction of sp³-hybridized carbons (Fsp3) is 0.565. The Balaban J connectivity index is 2.03. The highest BCUT2D eigenvalue weighted by Crippen LogP contribution is 2.58. The van der Waals surface area contributed by atoms with Crippen molar-refractivity contribution < 1.29 is 9.47 Å². The van der Waals surface area contributed by atoms with Crippen LogP contribution in [-0.4, -0.2) is 54.4 Å². The SMILES string of the molecule is COc1ccc2c3c1O[C@H]1C([Si](C)(C)C)=C([Si](C)(C)C)C=C([C@H](N(C)C)C2)[C@@H]31. The average Bonchev–Trinajstić information content (AvgIpc) is 2.97. The quantitative estimate of drug-likeness (QED) is 0.647. The summed E-state index contributed by atoms with van der Waals surface area (Å²) >= 11 is 0. The molecule has 152 valence electrons. The molecule has 0 fully saturated rings. The van der Waals surface area contributed by atoms with Gasteiger partial charge in [-0.15, -0.1) is 0 Å². The molecule has 0 amide bonds. The highest BCUT2D eigenvalue weighted by atomic mass is 28.3. The molecule has 0 unspecified atom stereocenters. The number of rotatable bonds is 4. The van der Waals surface area contributed by atoms with Crippen LogP contribution in [0, 0.1) is 0 Å². The van der Waals surface area contributed by atoms with Crippen molar-refractivity contribution in [1.82, 2.24) is 4.90 Å². The monoisotopic (exact) mass is 413 g/mol. The first-order valence-electron chi connectivity index (χ1n) is 10.4. The Morgan fingerprint density at radius 1 is 1.04 bits per heavy atom. The van der Waals surface area contributed by atoms with E-state index in [1.807, 2.05) is 0 Å². The van der Waals surface area contributed by atoms with Gasteiger partial charge in [0.1, 0.15) is 6.10 Å². The van der Waals surface area contributed by atoms with E-state index in [0.717, 1.165) is 17.9 Å². The minimum atomic E-state index is -1.56. The maximum absolute atomic E-state index is 6.83. The van der Waals surface area contributed by atoms with E-state index in [1.54, 1.807) is 23.1 Å². The summed E-state index contributed by atoms with van der Waals surface area (Å²) in [4.78, 5) is 2.40. The lowest BCUT2D eigenvalue weighted by Gasteiger charge is -2.44. The van der Waals surface area contributed by atoms with Gasteiger partial charge in [-0.3, -0.25) is 0 Å². The predicted octanol–water partition coefficient (Wildman–Crippen LogP) is 5.02. The molecule has 1 aliphatic heterocycles. The van der Waals surface area contributed by atoms with Crippen molar-refractivity contribution in [3.63, 3.8) is 0 Å². The lowest BCUT2D eigenvalue weighted by Crippen LogP contribution is -2.48. The number of ether oxygens (including phenoxy) is 2. The van der Waals surface area contributed by atoms with Crippen LogP contribution in [0.3, 0.4) is 0 Å². The normalized spacial score (nSPS) is 26.2. The van der Waals surface area contributed by atoms with E-state index in [2.05, 4.69) is 76.5 Å². The van der Waals surface area contributed by atoms with E-state index in [-0.39, 0.29) is 6.10 Å². The van der Waals surface area contributed by atoms with Crippen LogP contribution in [0.25, 0.3) is 0 Å². The second-order valence-corrected chi connectivity index (χ2v) is 20.9. The number of allylic oxidation sites excluding steroid dienone is 2.